The molecule has 1 saturated carbocycles. The third kappa shape index (κ3) is 4.41. The molecule has 1 aromatic carbocycles. The van der Waals surface area contributed by atoms with E-state index in [0.717, 1.165) is 5.76 Å². The average Bonchev–Trinajstić information content (AvgIpc) is 3.21. The number of aromatic nitrogens is 2. The third-order valence-electron chi connectivity index (χ3n) is 4.38. The van der Waals surface area contributed by atoms with Crippen LogP contribution in [0.15, 0.2) is 65.5 Å². The van der Waals surface area contributed by atoms with Crippen molar-refractivity contribution in [3.05, 3.63) is 72.6 Å². The summed E-state index contributed by atoms with van der Waals surface area (Å²) in [7, 11) is 0. The van der Waals surface area contributed by atoms with E-state index in [1.54, 1.807) is 42.7 Å². The minimum atomic E-state index is -0.246. The number of amides is 1. The van der Waals surface area contributed by atoms with E-state index in [1.165, 1.54) is 18.7 Å². The van der Waals surface area contributed by atoms with Crippen molar-refractivity contribution in [3.8, 4) is 11.6 Å². The van der Waals surface area contributed by atoms with Crippen LogP contribution in [0.4, 0.5) is 5.69 Å². The van der Waals surface area contributed by atoms with Gasteiger partial charge in [-0.15, -0.1) is 0 Å². The second kappa shape index (κ2) is 7.45. The van der Waals surface area contributed by atoms with Gasteiger partial charge in [0.05, 0.1) is 6.20 Å². The molecule has 0 aliphatic heterocycles. The van der Waals surface area contributed by atoms with Crippen LogP contribution >= 0.6 is 0 Å². The normalized spacial score (nSPS) is 18.4. The van der Waals surface area contributed by atoms with Gasteiger partial charge in [-0.2, -0.15) is 0 Å². The van der Waals surface area contributed by atoms with Crippen molar-refractivity contribution < 1.29 is 13.9 Å². The zero-order valence-electron chi connectivity index (χ0n) is 14.8. The van der Waals surface area contributed by atoms with Crippen molar-refractivity contribution in [2.75, 3.05) is 5.32 Å². The van der Waals surface area contributed by atoms with Gasteiger partial charge in [-0.3, -0.25) is 9.78 Å². The number of ether oxygens (including phenoxy) is 1. The number of benzene rings is 1. The van der Waals surface area contributed by atoms with Crippen molar-refractivity contribution >= 4 is 17.7 Å². The van der Waals surface area contributed by atoms with Crippen LogP contribution in [0.1, 0.15) is 30.8 Å². The molecule has 27 heavy (non-hydrogen) atoms. The number of carbonyl (C=O) groups excluding carboxylic acids is 1. The van der Waals surface area contributed by atoms with Gasteiger partial charge in [0.15, 0.2) is 0 Å². The molecule has 1 aliphatic carbocycles. The lowest BCUT2D eigenvalue weighted by Gasteiger charge is -2.06. The lowest BCUT2D eigenvalue weighted by atomic mass is 10.3. The van der Waals surface area contributed by atoms with Gasteiger partial charge in [0.2, 0.25) is 11.8 Å². The summed E-state index contributed by atoms with van der Waals surface area (Å²) in [5, 5.41) is 2.80. The van der Waals surface area contributed by atoms with Crippen LogP contribution in [-0.4, -0.2) is 15.9 Å². The minimum Gasteiger partial charge on any atom is -0.461 e. The van der Waals surface area contributed by atoms with E-state index in [1.807, 2.05) is 12.1 Å². The Morgan fingerprint density at radius 3 is 2.96 bits per heavy atom. The fourth-order valence-corrected chi connectivity index (χ4v) is 2.81. The number of hydrogen-bond acceptors (Lipinski definition) is 5. The molecule has 0 bridgehead atoms. The first-order chi connectivity index (χ1) is 13.2. The van der Waals surface area contributed by atoms with Gasteiger partial charge in [0.25, 0.3) is 0 Å². The molecule has 2 aromatic heterocycles. The maximum Gasteiger partial charge on any atom is 0.248 e. The largest absolute Gasteiger partial charge is 0.461 e. The Morgan fingerprint density at radius 1 is 1.30 bits per heavy atom. The molecule has 1 amide bonds. The summed E-state index contributed by atoms with van der Waals surface area (Å²) < 4.78 is 11.4. The second-order valence-electron chi connectivity index (χ2n) is 6.56. The van der Waals surface area contributed by atoms with Crippen LogP contribution in [-0.2, 0) is 4.79 Å². The van der Waals surface area contributed by atoms with Crippen molar-refractivity contribution in [3.63, 3.8) is 0 Å². The summed E-state index contributed by atoms with van der Waals surface area (Å²) >= 11 is 0. The first kappa shape index (κ1) is 17.0. The smallest absolute Gasteiger partial charge is 0.248 e. The van der Waals surface area contributed by atoms with Gasteiger partial charge in [0, 0.05) is 36.1 Å². The molecule has 1 N–H and O–H groups in total. The summed E-state index contributed by atoms with van der Waals surface area (Å²) in [6, 6.07) is 11.0. The first-order valence-electron chi connectivity index (χ1n) is 8.80. The molecule has 4 rings (SSSR count). The molecule has 0 radical (unpaired) electrons. The molecular weight excluding hydrogens is 342 g/mol. The Balaban J connectivity index is 1.36. The summed E-state index contributed by atoms with van der Waals surface area (Å²) in [5.74, 6) is 3.59. The van der Waals surface area contributed by atoms with Gasteiger partial charge < -0.3 is 14.5 Å². The maximum absolute atomic E-state index is 12.2. The maximum atomic E-state index is 12.2. The zero-order valence-corrected chi connectivity index (χ0v) is 14.8. The Hall–Kier alpha value is -3.41. The SMILES string of the molecule is CC1CC1c1ccc(/C=C/C(=O)Nc2cccc(Oc3cnccn3)c2)o1. The third-order valence-corrected chi connectivity index (χ3v) is 4.38. The molecule has 136 valence electrons. The van der Waals surface area contributed by atoms with Crippen molar-refractivity contribution in [1.29, 1.82) is 0 Å². The Bertz CT molecular complexity index is 966. The number of anilines is 1. The van der Waals surface area contributed by atoms with Crippen LogP contribution < -0.4 is 10.1 Å². The summed E-state index contributed by atoms with van der Waals surface area (Å²) in [6.45, 7) is 2.21. The van der Waals surface area contributed by atoms with Crippen LogP contribution in [0.2, 0.25) is 0 Å². The van der Waals surface area contributed by atoms with Gasteiger partial charge >= 0.3 is 0 Å². The molecule has 3 aromatic rings. The molecule has 2 unspecified atom stereocenters. The Labute approximate surface area is 156 Å². The molecular formula is C21H19N3O3. The van der Waals surface area contributed by atoms with Crippen molar-refractivity contribution in [2.24, 2.45) is 5.92 Å². The van der Waals surface area contributed by atoms with Crippen molar-refractivity contribution in [1.82, 2.24) is 9.97 Å². The quantitative estimate of drug-likeness (QED) is 0.647. The lowest BCUT2D eigenvalue weighted by Crippen LogP contribution is -2.07. The molecule has 6 heteroatoms. The van der Waals surface area contributed by atoms with E-state index >= 15 is 0 Å². The highest BCUT2D eigenvalue weighted by Crippen LogP contribution is 2.47. The Morgan fingerprint density at radius 2 is 2.19 bits per heavy atom. The van der Waals surface area contributed by atoms with Crippen LogP contribution in [0.5, 0.6) is 11.6 Å². The van der Waals surface area contributed by atoms with E-state index in [9.17, 15) is 4.79 Å². The zero-order chi connectivity index (χ0) is 18.6. The predicted octanol–water partition coefficient (Wildman–Crippen LogP) is 4.64. The molecule has 0 saturated heterocycles. The number of hydrogen-bond donors (Lipinski definition) is 1. The lowest BCUT2D eigenvalue weighted by molar-refractivity contribution is -0.111. The van der Waals surface area contributed by atoms with Crippen LogP contribution in [0, 0.1) is 5.92 Å². The number of rotatable bonds is 6. The summed E-state index contributed by atoms with van der Waals surface area (Å²) in [6.07, 6.45) is 8.94. The topological polar surface area (TPSA) is 77.2 Å². The number of nitrogens with zero attached hydrogens (tertiary/aromatic N) is 2. The highest BCUT2D eigenvalue weighted by Gasteiger charge is 2.36. The highest BCUT2D eigenvalue weighted by molar-refractivity contribution is 6.01. The molecule has 2 heterocycles. The molecule has 0 spiro atoms. The number of nitrogens with one attached hydrogen (secondary N) is 1. The van der Waals surface area contributed by atoms with Gasteiger partial charge in [-0.25, -0.2) is 4.98 Å². The van der Waals surface area contributed by atoms with E-state index in [2.05, 4.69) is 22.2 Å². The Kier molecular flexibility index (Phi) is 4.70. The van der Waals surface area contributed by atoms with E-state index < -0.39 is 0 Å². The molecule has 2 atom stereocenters. The molecule has 1 fully saturated rings. The van der Waals surface area contributed by atoms with E-state index in [-0.39, 0.29) is 5.91 Å². The van der Waals surface area contributed by atoms with Gasteiger partial charge in [-0.1, -0.05) is 13.0 Å². The predicted molar refractivity (Wildman–Crippen MR) is 101 cm³/mol. The average molecular weight is 361 g/mol. The van der Waals surface area contributed by atoms with E-state index in [0.29, 0.717) is 34.9 Å². The minimum absolute atomic E-state index is 0.246. The monoisotopic (exact) mass is 361 g/mol. The molecule has 6 nitrogen and oxygen atoms in total. The van der Waals surface area contributed by atoms with Crippen LogP contribution in [0.3, 0.4) is 0 Å². The fourth-order valence-electron chi connectivity index (χ4n) is 2.81. The second-order valence-corrected chi connectivity index (χ2v) is 6.56. The van der Waals surface area contributed by atoms with Gasteiger partial charge in [0.1, 0.15) is 17.3 Å². The summed E-state index contributed by atoms with van der Waals surface area (Å²) in [4.78, 5) is 20.2. The van der Waals surface area contributed by atoms with Gasteiger partial charge in [-0.05, 0) is 42.7 Å². The summed E-state index contributed by atoms with van der Waals surface area (Å²) in [5.41, 5.74) is 0.623. The highest BCUT2D eigenvalue weighted by atomic mass is 16.5. The van der Waals surface area contributed by atoms with Crippen molar-refractivity contribution in [2.45, 2.75) is 19.3 Å². The number of carbonyl (C=O) groups is 1. The van der Waals surface area contributed by atoms with Crippen LogP contribution in [0.25, 0.3) is 6.08 Å². The fraction of sp³-hybridized carbons (Fsp3) is 0.190. The first-order valence-corrected chi connectivity index (χ1v) is 8.80. The standard InChI is InChI=1S/C21H19N3O3/c1-14-11-18(14)19-7-5-16(26-19)6-8-20(25)24-15-3-2-4-17(12-15)27-21-13-22-9-10-23-21/h2-10,12-14,18H,11H2,1H3,(H,24,25)/b8-6+. The molecule has 1 aliphatic rings. The van der Waals surface area contributed by atoms with E-state index in [4.69, 9.17) is 9.15 Å². The number of furan rings is 1.